The fourth-order valence-corrected chi connectivity index (χ4v) is 3.31. The monoisotopic (exact) mass is 346 g/mol. The van der Waals surface area contributed by atoms with Crippen LogP contribution in [0.25, 0.3) is 10.9 Å². The highest BCUT2D eigenvalue weighted by atomic mass is 16.1. The molecule has 0 atom stereocenters. The van der Waals surface area contributed by atoms with Crippen LogP contribution in [0.15, 0.2) is 58.4 Å². The van der Waals surface area contributed by atoms with Gasteiger partial charge in [-0.3, -0.25) is 9.69 Å². The molecular weight excluding hydrogens is 324 g/mol. The number of hydrogen-bond donors (Lipinski definition) is 0. The third-order valence-electron chi connectivity index (χ3n) is 4.78. The van der Waals surface area contributed by atoms with Crippen LogP contribution in [0.1, 0.15) is 29.8 Å². The van der Waals surface area contributed by atoms with Gasteiger partial charge in [0.15, 0.2) is 0 Å². The molecule has 0 spiro atoms. The number of aryl methyl sites for hydroxylation is 1. The fourth-order valence-electron chi connectivity index (χ4n) is 3.31. The molecule has 1 aromatic heterocycles. The molecule has 1 fully saturated rings. The Balaban J connectivity index is 1.77. The molecule has 1 aliphatic heterocycles. The van der Waals surface area contributed by atoms with Crippen molar-refractivity contribution in [2.45, 2.75) is 26.3 Å². The minimum absolute atomic E-state index is 0.117. The molecule has 5 nitrogen and oxygen atoms in total. The Kier molecular flexibility index (Phi) is 4.63. The Morgan fingerprint density at radius 3 is 2.58 bits per heavy atom. The summed E-state index contributed by atoms with van der Waals surface area (Å²) in [6, 6.07) is 15.5. The lowest BCUT2D eigenvalue weighted by atomic mass is 10.2. The van der Waals surface area contributed by atoms with E-state index in [0.29, 0.717) is 17.8 Å². The SMILES string of the molecule is Cc1ccc(C=Nn2c(CN3CCCC3)nc3ccccc3c2=O)cc1. The lowest BCUT2D eigenvalue weighted by Crippen LogP contribution is -2.28. The summed E-state index contributed by atoms with van der Waals surface area (Å²) < 4.78 is 1.46. The molecule has 2 heterocycles. The number of benzene rings is 2. The van der Waals surface area contributed by atoms with Crippen molar-refractivity contribution < 1.29 is 0 Å². The predicted octanol–water partition coefficient (Wildman–Crippen LogP) is 3.18. The van der Waals surface area contributed by atoms with Gasteiger partial charge in [0, 0.05) is 0 Å². The molecule has 1 saturated heterocycles. The molecule has 3 aromatic rings. The summed E-state index contributed by atoms with van der Waals surface area (Å²) in [7, 11) is 0. The predicted molar refractivity (Wildman–Crippen MR) is 105 cm³/mol. The van der Waals surface area contributed by atoms with Gasteiger partial charge in [0.05, 0.1) is 23.7 Å². The third-order valence-corrected chi connectivity index (χ3v) is 4.78. The van der Waals surface area contributed by atoms with Crippen molar-refractivity contribution in [2.75, 3.05) is 13.1 Å². The Hall–Kier alpha value is -2.79. The lowest BCUT2D eigenvalue weighted by molar-refractivity contribution is 0.316. The molecule has 4 rings (SSSR count). The van der Waals surface area contributed by atoms with E-state index in [2.05, 4.69) is 10.0 Å². The van der Waals surface area contributed by atoms with Crippen LogP contribution in [0.4, 0.5) is 0 Å². The lowest BCUT2D eigenvalue weighted by Gasteiger charge is -2.16. The van der Waals surface area contributed by atoms with E-state index < -0.39 is 0 Å². The first-order valence-corrected chi connectivity index (χ1v) is 9.05. The summed E-state index contributed by atoms with van der Waals surface area (Å²) >= 11 is 0. The van der Waals surface area contributed by atoms with Gasteiger partial charge in [0.1, 0.15) is 5.82 Å². The summed E-state index contributed by atoms with van der Waals surface area (Å²) in [5, 5.41) is 5.08. The molecule has 0 N–H and O–H groups in total. The molecular formula is C21H22N4O. The van der Waals surface area contributed by atoms with E-state index in [1.54, 1.807) is 6.21 Å². The zero-order valence-corrected chi connectivity index (χ0v) is 14.9. The van der Waals surface area contributed by atoms with Crippen molar-refractivity contribution in [3.8, 4) is 0 Å². The maximum atomic E-state index is 13.0. The van der Waals surface area contributed by atoms with E-state index >= 15 is 0 Å². The van der Waals surface area contributed by atoms with Gasteiger partial charge in [-0.1, -0.05) is 42.0 Å². The molecule has 0 amide bonds. The average Bonchev–Trinajstić information content (AvgIpc) is 3.16. The number of likely N-dealkylation sites (tertiary alicyclic amines) is 1. The molecule has 132 valence electrons. The molecule has 5 heteroatoms. The molecule has 2 aromatic carbocycles. The van der Waals surface area contributed by atoms with Gasteiger partial charge in [0.25, 0.3) is 5.56 Å². The zero-order valence-electron chi connectivity index (χ0n) is 14.9. The normalized spacial score (nSPS) is 15.3. The van der Waals surface area contributed by atoms with Gasteiger partial charge in [-0.25, -0.2) is 4.98 Å². The van der Waals surface area contributed by atoms with Crippen molar-refractivity contribution in [2.24, 2.45) is 5.10 Å². The van der Waals surface area contributed by atoms with Gasteiger partial charge >= 0.3 is 0 Å². The first-order valence-electron chi connectivity index (χ1n) is 9.05. The van der Waals surface area contributed by atoms with E-state index in [-0.39, 0.29) is 5.56 Å². The second kappa shape index (κ2) is 7.22. The van der Waals surface area contributed by atoms with Gasteiger partial charge in [-0.2, -0.15) is 9.78 Å². The first kappa shape index (κ1) is 16.7. The second-order valence-electron chi connectivity index (χ2n) is 6.80. The summed E-state index contributed by atoms with van der Waals surface area (Å²) in [6.07, 6.45) is 4.12. The fraction of sp³-hybridized carbons (Fsp3) is 0.286. The molecule has 0 aliphatic carbocycles. The Labute approximate surface area is 152 Å². The smallest absolute Gasteiger partial charge is 0.282 e. The minimum Gasteiger partial charge on any atom is -0.296 e. The van der Waals surface area contributed by atoms with Crippen molar-refractivity contribution in [1.29, 1.82) is 0 Å². The number of rotatable bonds is 4. The summed E-state index contributed by atoms with van der Waals surface area (Å²) in [6.45, 7) is 4.78. The third kappa shape index (κ3) is 3.44. The van der Waals surface area contributed by atoms with E-state index in [0.717, 1.165) is 24.2 Å². The maximum Gasteiger partial charge on any atom is 0.282 e. The molecule has 1 aliphatic rings. The minimum atomic E-state index is -0.117. The van der Waals surface area contributed by atoms with Crippen molar-refractivity contribution in [3.63, 3.8) is 0 Å². The largest absolute Gasteiger partial charge is 0.296 e. The first-order chi connectivity index (χ1) is 12.7. The second-order valence-corrected chi connectivity index (χ2v) is 6.80. The molecule has 0 bridgehead atoms. The standard InChI is InChI=1S/C21H22N4O/c1-16-8-10-17(11-9-16)14-22-25-20(15-24-12-4-5-13-24)23-19-7-3-2-6-18(19)21(25)26/h2-3,6-11,14H,4-5,12-13,15H2,1H3. The summed E-state index contributed by atoms with van der Waals surface area (Å²) in [5.41, 5.74) is 2.77. The topological polar surface area (TPSA) is 50.5 Å². The van der Waals surface area contributed by atoms with Crippen LogP contribution in [0, 0.1) is 6.92 Å². The number of para-hydroxylation sites is 1. The van der Waals surface area contributed by atoms with Crippen LogP contribution < -0.4 is 5.56 Å². The van der Waals surface area contributed by atoms with Crippen LogP contribution >= 0.6 is 0 Å². The van der Waals surface area contributed by atoms with E-state index in [4.69, 9.17) is 4.98 Å². The number of aromatic nitrogens is 2. The highest BCUT2D eigenvalue weighted by Gasteiger charge is 2.17. The van der Waals surface area contributed by atoms with Crippen LogP contribution in [0.5, 0.6) is 0 Å². The number of hydrogen-bond acceptors (Lipinski definition) is 4. The van der Waals surface area contributed by atoms with Crippen LogP contribution in [0.2, 0.25) is 0 Å². The van der Waals surface area contributed by atoms with Gasteiger partial charge in [0.2, 0.25) is 0 Å². The molecule has 26 heavy (non-hydrogen) atoms. The van der Waals surface area contributed by atoms with Gasteiger partial charge in [-0.15, -0.1) is 0 Å². The van der Waals surface area contributed by atoms with E-state index in [1.807, 2.05) is 55.5 Å². The summed E-state index contributed by atoms with van der Waals surface area (Å²) in [5.74, 6) is 0.693. The Bertz CT molecular complexity index is 999. The highest BCUT2D eigenvalue weighted by Crippen LogP contribution is 2.14. The molecule has 0 saturated carbocycles. The van der Waals surface area contributed by atoms with Crippen LogP contribution in [-0.2, 0) is 6.54 Å². The highest BCUT2D eigenvalue weighted by molar-refractivity contribution is 5.80. The van der Waals surface area contributed by atoms with Crippen LogP contribution in [-0.4, -0.2) is 33.9 Å². The van der Waals surface area contributed by atoms with Crippen molar-refractivity contribution in [1.82, 2.24) is 14.6 Å². The van der Waals surface area contributed by atoms with Crippen molar-refractivity contribution in [3.05, 3.63) is 75.8 Å². The van der Waals surface area contributed by atoms with Gasteiger partial charge in [-0.05, 0) is 50.6 Å². The zero-order chi connectivity index (χ0) is 17.9. The Morgan fingerprint density at radius 1 is 1.08 bits per heavy atom. The maximum absolute atomic E-state index is 13.0. The van der Waals surface area contributed by atoms with Crippen LogP contribution in [0.3, 0.4) is 0 Å². The quantitative estimate of drug-likeness (QED) is 0.682. The molecule has 0 unspecified atom stereocenters. The van der Waals surface area contributed by atoms with E-state index in [9.17, 15) is 4.79 Å². The molecule has 0 radical (unpaired) electrons. The Morgan fingerprint density at radius 2 is 1.81 bits per heavy atom. The van der Waals surface area contributed by atoms with E-state index in [1.165, 1.54) is 23.1 Å². The number of fused-ring (bicyclic) bond motifs is 1. The summed E-state index contributed by atoms with van der Waals surface area (Å²) in [4.78, 5) is 20.1. The average molecular weight is 346 g/mol. The number of nitrogens with zero attached hydrogens (tertiary/aromatic N) is 4. The van der Waals surface area contributed by atoms with Gasteiger partial charge < -0.3 is 0 Å². The van der Waals surface area contributed by atoms with Crippen molar-refractivity contribution >= 4 is 17.1 Å².